The number of phenols is 1. The quantitative estimate of drug-likeness (QED) is 0.353. The molecule has 0 aliphatic rings. The van der Waals surface area contributed by atoms with Gasteiger partial charge in [-0.05, 0) is 50.5 Å². The highest BCUT2D eigenvalue weighted by atomic mass is 16.5. The monoisotopic (exact) mass is 447 g/mol. The molecule has 33 heavy (non-hydrogen) atoms. The van der Waals surface area contributed by atoms with Gasteiger partial charge in [-0.2, -0.15) is 4.98 Å². The zero-order valence-electron chi connectivity index (χ0n) is 19.3. The van der Waals surface area contributed by atoms with E-state index in [1.807, 2.05) is 62.2 Å². The molecule has 0 atom stereocenters. The number of hydrogen-bond donors (Lipinski definition) is 3. The van der Waals surface area contributed by atoms with Crippen molar-refractivity contribution in [1.82, 2.24) is 19.4 Å². The molecule has 0 saturated heterocycles. The number of hydrogen-bond acceptors (Lipinski definition) is 8. The van der Waals surface area contributed by atoms with Gasteiger partial charge in [-0.1, -0.05) is 0 Å². The van der Waals surface area contributed by atoms with Crippen LogP contribution in [-0.2, 0) is 0 Å². The Labute approximate surface area is 193 Å². The summed E-state index contributed by atoms with van der Waals surface area (Å²) in [5.74, 6) is 1.98. The van der Waals surface area contributed by atoms with Gasteiger partial charge in [0.05, 0.1) is 29.7 Å². The number of rotatable bonds is 8. The molecule has 2 heterocycles. The molecule has 0 saturated carbocycles. The SMILES string of the molecule is COc1cc(N(C)CCN(C)C)c(N)cc1Nc1nccc(-n2ccc3cc(O)ccc32)n1. The lowest BCUT2D eigenvalue weighted by molar-refractivity contribution is 0.413. The molecular weight excluding hydrogens is 418 g/mol. The van der Waals surface area contributed by atoms with E-state index < -0.39 is 0 Å². The van der Waals surface area contributed by atoms with Crippen LogP contribution in [0.15, 0.2) is 54.9 Å². The predicted octanol–water partition coefficient (Wildman–Crippen LogP) is 3.46. The molecule has 0 bridgehead atoms. The third-order valence-corrected chi connectivity index (χ3v) is 5.45. The lowest BCUT2D eigenvalue weighted by Crippen LogP contribution is -2.29. The number of nitrogens with two attached hydrogens (primary N) is 1. The molecule has 4 aromatic rings. The first-order chi connectivity index (χ1) is 15.9. The summed E-state index contributed by atoms with van der Waals surface area (Å²) < 4.78 is 7.56. The molecule has 0 spiro atoms. The number of fused-ring (bicyclic) bond motifs is 1. The number of aromatic hydroxyl groups is 1. The molecule has 2 aromatic carbocycles. The predicted molar refractivity (Wildman–Crippen MR) is 133 cm³/mol. The molecule has 9 heteroatoms. The highest BCUT2D eigenvalue weighted by molar-refractivity contribution is 5.83. The van der Waals surface area contributed by atoms with Crippen LogP contribution >= 0.6 is 0 Å². The summed E-state index contributed by atoms with van der Waals surface area (Å²) in [6.45, 7) is 1.74. The third kappa shape index (κ3) is 4.78. The molecule has 0 fully saturated rings. The summed E-state index contributed by atoms with van der Waals surface area (Å²) in [7, 11) is 7.72. The number of aromatic nitrogens is 3. The zero-order chi connectivity index (χ0) is 23.5. The number of anilines is 4. The fourth-order valence-electron chi connectivity index (χ4n) is 3.65. The Morgan fingerprint density at radius 1 is 1.09 bits per heavy atom. The first-order valence-corrected chi connectivity index (χ1v) is 10.6. The maximum atomic E-state index is 9.73. The van der Waals surface area contributed by atoms with E-state index >= 15 is 0 Å². The van der Waals surface area contributed by atoms with Gasteiger partial charge in [0.1, 0.15) is 17.3 Å². The van der Waals surface area contributed by atoms with Crippen molar-refractivity contribution in [3.63, 3.8) is 0 Å². The second kappa shape index (κ2) is 9.25. The summed E-state index contributed by atoms with van der Waals surface area (Å²) in [6.07, 6.45) is 3.60. The topological polar surface area (TPSA) is 105 Å². The van der Waals surface area contributed by atoms with Gasteiger partial charge >= 0.3 is 0 Å². The average Bonchev–Trinajstić information content (AvgIpc) is 3.21. The fraction of sp³-hybridized carbons (Fsp3) is 0.250. The minimum absolute atomic E-state index is 0.228. The van der Waals surface area contributed by atoms with E-state index in [2.05, 4.69) is 25.1 Å². The second-order valence-corrected chi connectivity index (χ2v) is 8.13. The maximum Gasteiger partial charge on any atom is 0.229 e. The van der Waals surface area contributed by atoms with E-state index in [4.69, 9.17) is 10.5 Å². The van der Waals surface area contributed by atoms with Crippen LogP contribution in [0.1, 0.15) is 0 Å². The minimum Gasteiger partial charge on any atom is -0.508 e. The van der Waals surface area contributed by atoms with Crippen molar-refractivity contribution >= 4 is 33.9 Å². The van der Waals surface area contributed by atoms with Gasteiger partial charge < -0.3 is 35.3 Å². The Morgan fingerprint density at radius 3 is 2.67 bits per heavy atom. The smallest absolute Gasteiger partial charge is 0.229 e. The van der Waals surface area contributed by atoms with Crippen molar-refractivity contribution in [3.8, 4) is 17.3 Å². The van der Waals surface area contributed by atoms with Crippen LogP contribution in [-0.4, -0.2) is 65.9 Å². The Balaban J connectivity index is 1.62. The van der Waals surface area contributed by atoms with Crippen molar-refractivity contribution in [2.24, 2.45) is 0 Å². The van der Waals surface area contributed by atoms with E-state index in [-0.39, 0.29) is 5.75 Å². The highest BCUT2D eigenvalue weighted by Gasteiger charge is 2.14. The van der Waals surface area contributed by atoms with Crippen molar-refractivity contribution in [1.29, 1.82) is 0 Å². The number of nitrogens with one attached hydrogen (secondary N) is 1. The van der Waals surface area contributed by atoms with Crippen LogP contribution in [0.5, 0.6) is 11.5 Å². The van der Waals surface area contributed by atoms with Gasteiger partial charge in [-0.15, -0.1) is 0 Å². The molecule has 0 aliphatic carbocycles. The first kappa shape index (κ1) is 22.2. The first-order valence-electron chi connectivity index (χ1n) is 10.6. The Kier molecular flexibility index (Phi) is 6.23. The van der Waals surface area contributed by atoms with Gasteiger partial charge in [0.2, 0.25) is 5.95 Å². The van der Waals surface area contributed by atoms with Crippen molar-refractivity contribution < 1.29 is 9.84 Å². The van der Waals surface area contributed by atoms with E-state index in [0.717, 1.165) is 29.7 Å². The summed E-state index contributed by atoms with van der Waals surface area (Å²) in [6, 6.07) is 12.7. The number of benzene rings is 2. The standard InChI is InChI=1S/C24H29N7O2/c1-29(2)11-12-30(3)21-15-22(33-4)19(14-18(21)25)27-24-26-9-7-23(28-24)31-10-8-16-13-17(32)5-6-20(16)31/h5-10,13-15,32H,11-12,25H2,1-4H3,(H,26,27,28). The van der Waals surface area contributed by atoms with Crippen LogP contribution < -0.4 is 20.7 Å². The summed E-state index contributed by atoms with van der Waals surface area (Å²) in [5, 5.41) is 13.9. The van der Waals surface area contributed by atoms with E-state index in [1.165, 1.54) is 0 Å². The Morgan fingerprint density at radius 2 is 1.91 bits per heavy atom. The van der Waals surface area contributed by atoms with Crippen molar-refractivity contribution in [2.75, 3.05) is 57.3 Å². The van der Waals surface area contributed by atoms with Crippen LogP contribution in [0.25, 0.3) is 16.7 Å². The molecule has 0 unspecified atom stereocenters. The van der Waals surface area contributed by atoms with Crippen molar-refractivity contribution in [3.05, 3.63) is 54.9 Å². The van der Waals surface area contributed by atoms with Crippen LogP contribution in [0.2, 0.25) is 0 Å². The molecule has 2 aromatic heterocycles. The molecule has 9 nitrogen and oxygen atoms in total. The molecule has 0 radical (unpaired) electrons. The third-order valence-electron chi connectivity index (χ3n) is 5.45. The lowest BCUT2D eigenvalue weighted by atomic mass is 10.2. The molecular formula is C24H29N7O2. The van der Waals surface area contributed by atoms with E-state index in [1.54, 1.807) is 25.4 Å². The molecule has 4 rings (SSSR count). The summed E-state index contributed by atoms with van der Waals surface area (Å²) in [5.41, 5.74) is 9.52. The number of phenolic OH excluding ortho intramolecular Hbond substituents is 1. The van der Waals surface area contributed by atoms with Crippen molar-refractivity contribution in [2.45, 2.75) is 0 Å². The number of likely N-dealkylation sites (N-methyl/N-ethyl adjacent to an activating group) is 2. The Hall–Kier alpha value is -3.98. The van der Waals surface area contributed by atoms with Gasteiger partial charge in [-0.3, -0.25) is 0 Å². The van der Waals surface area contributed by atoms with Gasteiger partial charge in [0.15, 0.2) is 0 Å². The second-order valence-electron chi connectivity index (χ2n) is 8.13. The number of nitrogens with zero attached hydrogens (tertiary/aromatic N) is 5. The van der Waals surface area contributed by atoms with E-state index in [9.17, 15) is 5.11 Å². The van der Waals surface area contributed by atoms with Gasteiger partial charge in [-0.25, -0.2) is 4.98 Å². The van der Waals surface area contributed by atoms with Crippen LogP contribution in [0.4, 0.5) is 23.0 Å². The molecule has 172 valence electrons. The Bertz CT molecular complexity index is 1270. The number of methoxy groups -OCH3 is 1. The highest BCUT2D eigenvalue weighted by Crippen LogP contribution is 2.36. The molecule has 4 N–H and O–H groups in total. The number of ether oxygens (including phenoxy) is 1. The van der Waals surface area contributed by atoms with Crippen LogP contribution in [0, 0.1) is 0 Å². The fourth-order valence-corrected chi connectivity index (χ4v) is 3.65. The van der Waals surface area contributed by atoms with Gasteiger partial charge in [0, 0.05) is 44.0 Å². The molecule has 0 amide bonds. The van der Waals surface area contributed by atoms with E-state index in [0.29, 0.717) is 28.9 Å². The largest absolute Gasteiger partial charge is 0.508 e. The minimum atomic E-state index is 0.228. The van der Waals surface area contributed by atoms with Gasteiger partial charge in [0.25, 0.3) is 0 Å². The summed E-state index contributed by atoms with van der Waals surface area (Å²) >= 11 is 0. The zero-order valence-corrected chi connectivity index (χ0v) is 19.3. The maximum absolute atomic E-state index is 9.73. The average molecular weight is 448 g/mol. The summed E-state index contributed by atoms with van der Waals surface area (Å²) in [4.78, 5) is 13.3. The molecule has 0 aliphatic heterocycles. The lowest BCUT2D eigenvalue weighted by Gasteiger charge is -2.24. The van der Waals surface area contributed by atoms with Crippen LogP contribution in [0.3, 0.4) is 0 Å². The number of nitrogen functional groups attached to an aromatic ring is 1. The normalized spacial score (nSPS) is 11.2.